The van der Waals surface area contributed by atoms with Crippen LogP contribution < -0.4 is 4.72 Å². The molecule has 0 aliphatic rings. The van der Waals surface area contributed by atoms with Crippen molar-refractivity contribution >= 4 is 55.6 Å². The van der Waals surface area contributed by atoms with Crippen LogP contribution in [0.2, 0.25) is 0 Å². The molecule has 2 aromatic carbocycles. The van der Waals surface area contributed by atoms with Crippen molar-refractivity contribution in [3.63, 3.8) is 0 Å². The maximum Gasteiger partial charge on any atom is 0.306 e. The Balaban J connectivity index is 2.05. The Morgan fingerprint density at radius 1 is 1.07 bits per heavy atom. The predicted molar refractivity (Wildman–Crippen MR) is 124 cm³/mol. The average molecular weight is 541 g/mol. The van der Waals surface area contributed by atoms with Gasteiger partial charge in [-0.25, -0.2) is 8.42 Å². The fraction of sp³-hybridized carbons (Fsp3) is 0.190. The molecule has 0 unspecified atom stereocenters. The number of sulfonamides is 1. The van der Waals surface area contributed by atoms with Crippen molar-refractivity contribution in [1.29, 1.82) is 0 Å². The molecule has 3 aromatic rings. The van der Waals surface area contributed by atoms with Crippen LogP contribution in [0.15, 0.2) is 70.3 Å². The number of carbonyl (C=O) groups is 1. The third kappa shape index (κ3) is 5.37. The van der Waals surface area contributed by atoms with Crippen LogP contribution in [0, 0.1) is 3.57 Å². The molecule has 5 nitrogen and oxygen atoms in total. The summed E-state index contributed by atoms with van der Waals surface area (Å²) in [5.74, 6) is -0.669. The first-order valence-corrected chi connectivity index (χ1v) is 12.4. The number of rotatable bonds is 8. The highest BCUT2D eigenvalue weighted by Crippen LogP contribution is 2.36. The summed E-state index contributed by atoms with van der Waals surface area (Å²) in [6.07, 6.45) is 0.117. The minimum Gasteiger partial charge on any atom is -0.466 e. The van der Waals surface area contributed by atoms with E-state index in [0.29, 0.717) is 12.3 Å². The number of hydrogen-bond donors (Lipinski definition) is 1. The Bertz CT molecular complexity index is 1080. The Hall–Kier alpha value is -1.91. The van der Waals surface area contributed by atoms with Crippen molar-refractivity contribution < 1.29 is 17.9 Å². The second kappa shape index (κ2) is 9.73. The number of esters is 1. The van der Waals surface area contributed by atoms with Gasteiger partial charge in [0.25, 0.3) is 10.0 Å². The highest BCUT2D eigenvalue weighted by atomic mass is 127. The summed E-state index contributed by atoms with van der Waals surface area (Å²) in [5, 5.41) is 1.72. The number of carbonyl (C=O) groups excluding carboxylic acids is 1. The van der Waals surface area contributed by atoms with Gasteiger partial charge in [-0.3, -0.25) is 9.52 Å². The van der Waals surface area contributed by atoms with E-state index in [1.165, 1.54) is 0 Å². The van der Waals surface area contributed by atoms with E-state index in [1.807, 2.05) is 36.4 Å². The van der Waals surface area contributed by atoms with Crippen molar-refractivity contribution in [2.45, 2.75) is 23.5 Å². The molecule has 0 aliphatic heterocycles. The van der Waals surface area contributed by atoms with E-state index >= 15 is 0 Å². The maximum atomic E-state index is 12.8. The Morgan fingerprint density at radius 2 is 1.76 bits per heavy atom. The second-order valence-electron chi connectivity index (χ2n) is 6.21. The average Bonchev–Trinajstić information content (AvgIpc) is 3.23. The minimum atomic E-state index is -3.71. The third-order valence-corrected chi connectivity index (χ3v) is 8.04. The van der Waals surface area contributed by atoms with E-state index in [0.717, 1.165) is 26.0 Å². The van der Waals surface area contributed by atoms with E-state index in [-0.39, 0.29) is 22.5 Å². The van der Waals surface area contributed by atoms with Gasteiger partial charge in [-0.1, -0.05) is 42.5 Å². The van der Waals surface area contributed by atoms with E-state index in [2.05, 4.69) is 27.3 Å². The van der Waals surface area contributed by atoms with Gasteiger partial charge in [0.05, 0.1) is 18.7 Å². The molecule has 0 aliphatic carbocycles. The Kier molecular flexibility index (Phi) is 7.31. The molecule has 1 heterocycles. The van der Waals surface area contributed by atoms with Crippen molar-refractivity contribution in [2.24, 2.45) is 0 Å². The van der Waals surface area contributed by atoms with Crippen LogP contribution >= 0.6 is 33.9 Å². The van der Waals surface area contributed by atoms with E-state index in [9.17, 15) is 13.2 Å². The van der Waals surface area contributed by atoms with E-state index < -0.39 is 10.0 Å². The zero-order valence-electron chi connectivity index (χ0n) is 15.7. The molecule has 0 bridgehead atoms. The highest BCUT2D eigenvalue weighted by molar-refractivity contribution is 14.1. The predicted octanol–water partition coefficient (Wildman–Crippen LogP) is 5.24. The fourth-order valence-electron chi connectivity index (χ4n) is 3.04. The largest absolute Gasteiger partial charge is 0.466 e. The first-order chi connectivity index (χ1) is 13.9. The van der Waals surface area contributed by atoms with Crippen LogP contribution in [0.1, 0.15) is 30.4 Å². The molecule has 0 saturated heterocycles. The third-order valence-electron chi connectivity index (χ3n) is 4.30. The molecule has 8 heteroatoms. The number of benzene rings is 2. The van der Waals surface area contributed by atoms with Crippen molar-refractivity contribution in [3.8, 4) is 0 Å². The van der Waals surface area contributed by atoms with Crippen LogP contribution in [0.5, 0.6) is 0 Å². The van der Waals surface area contributed by atoms with Gasteiger partial charge in [0, 0.05) is 9.49 Å². The summed E-state index contributed by atoms with van der Waals surface area (Å²) >= 11 is 3.38. The number of thiophene rings is 1. The van der Waals surface area contributed by atoms with Crippen LogP contribution in [0.25, 0.3) is 0 Å². The van der Waals surface area contributed by atoms with Gasteiger partial charge in [-0.05, 0) is 64.2 Å². The van der Waals surface area contributed by atoms with Crippen molar-refractivity contribution in [2.75, 3.05) is 11.3 Å². The smallest absolute Gasteiger partial charge is 0.306 e. The number of anilines is 1. The molecule has 0 saturated carbocycles. The molecule has 1 aromatic heterocycles. The van der Waals surface area contributed by atoms with Crippen LogP contribution in [-0.4, -0.2) is 21.0 Å². The Labute approximate surface area is 188 Å². The molecular formula is C21H20INO4S2. The molecule has 1 atom stereocenters. The first-order valence-electron chi connectivity index (χ1n) is 8.97. The lowest BCUT2D eigenvalue weighted by Gasteiger charge is -2.22. The van der Waals surface area contributed by atoms with E-state index in [4.69, 9.17) is 4.74 Å². The molecule has 0 spiro atoms. The van der Waals surface area contributed by atoms with Crippen LogP contribution in [-0.2, 0) is 19.6 Å². The van der Waals surface area contributed by atoms with Gasteiger partial charge >= 0.3 is 5.97 Å². The molecular weight excluding hydrogens is 521 g/mol. The second-order valence-corrected chi connectivity index (χ2v) is 10.2. The Morgan fingerprint density at radius 3 is 2.41 bits per heavy atom. The van der Waals surface area contributed by atoms with Crippen LogP contribution in [0.3, 0.4) is 0 Å². The number of para-hydroxylation sites is 1. The van der Waals surface area contributed by atoms with E-state index in [1.54, 1.807) is 36.6 Å². The molecule has 3 rings (SSSR count). The fourth-order valence-corrected chi connectivity index (χ4v) is 5.88. The summed E-state index contributed by atoms with van der Waals surface area (Å²) in [7, 11) is -3.71. The number of halogens is 1. The summed E-state index contributed by atoms with van der Waals surface area (Å²) in [6, 6.07) is 18.2. The monoisotopic (exact) mass is 541 g/mol. The normalized spacial score (nSPS) is 12.3. The minimum absolute atomic E-state index is 0.117. The van der Waals surface area contributed by atoms with Gasteiger partial charge < -0.3 is 4.74 Å². The topological polar surface area (TPSA) is 72.5 Å². The summed E-state index contributed by atoms with van der Waals surface area (Å²) < 4.78 is 34.6. The summed E-state index contributed by atoms with van der Waals surface area (Å²) in [4.78, 5) is 12.3. The number of nitrogens with one attached hydrogen (secondary N) is 1. The highest BCUT2D eigenvalue weighted by Gasteiger charge is 2.25. The zero-order chi connectivity index (χ0) is 20.9. The first kappa shape index (κ1) is 21.8. The molecule has 0 amide bonds. The lowest BCUT2D eigenvalue weighted by molar-refractivity contribution is -0.143. The van der Waals surface area contributed by atoms with Gasteiger partial charge in [0.2, 0.25) is 0 Å². The zero-order valence-corrected chi connectivity index (χ0v) is 19.5. The summed E-state index contributed by atoms with van der Waals surface area (Å²) in [6.45, 7) is 2.06. The SMILES string of the molecule is CCOC(=O)C[C@H](c1ccccc1I)c1ccccc1NS(=O)(=O)c1cccs1. The lowest BCUT2D eigenvalue weighted by Crippen LogP contribution is -2.17. The van der Waals surface area contributed by atoms with Crippen molar-refractivity contribution in [1.82, 2.24) is 0 Å². The van der Waals surface area contributed by atoms with Gasteiger partial charge in [0.15, 0.2) is 0 Å². The molecule has 29 heavy (non-hydrogen) atoms. The molecule has 152 valence electrons. The van der Waals surface area contributed by atoms with Gasteiger partial charge in [0.1, 0.15) is 4.21 Å². The summed E-state index contributed by atoms with van der Waals surface area (Å²) in [5.41, 5.74) is 2.13. The maximum absolute atomic E-state index is 12.8. The molecule has 0 radical (unpaired) electrons. The van der Waals surface area contributed by atoms with Crippen molar-refractivity contribution in [3.05, 3.63) is 80.7 Å². The number of hydrogen-bond acceptors (Lipinski definition) is 5. The molecule has 1 N–H and O–H groups in total. The molecule has 0 fully saturated rings. The standard InChI is InChI=1S/C21H20INO4S2/c1-2-27-20(24)14-17(15-8-3-5-10-18(15)22)16-9-4-6-11-19(16)23-29(25,26)21-12-7-13-28-21/h3-13,17,23H,2,14H2,1H3/t17-/m1/s1. The van der Waals surface area contributed by atoms with Gasteiger partial charge in [-0.2, -0.15) is 0 Å². The number of ether oxygens (including phenoxy) is 1. The van der Waals surface area contributed by atoms with Crippen LogP contribution in [0.4, 0.5) is 5.69 Å². The lowest BCUT2D eigenvalue weighted by atomic mass is 9.87. The quantitative estimate of drug-likeness (QED) is 0.313. The van der Waals surface area contributed by atoms with Gasteiger partial charge in [-0.15, -0.1) is 11.3 Å².